The molecule has 0 aliphatic carbocycles. The molecule has 0 unspecified atom stereocenters. The molecule has 4 rings (SSSR count). The molecule has 0 atom stereocenters. The van der Waals surface area contributed by atoms with Crippen LogP contribution in [0, 0.1) is 3.57 Å². The molecule has 2 amide bonds. The molecular formula is C23H22IN5O3. The van der Waals surface area contributed by atoms with Crippen molar-refractivity contribution in [3.8, 4) is 11.3 Å². The van der Waals surface area contributed by atoms with E-state index in [-0.39, 0.29) is 18.2 Å². The van der Waals surface area contributed by atoms with Crippen molar-refractivity contribution < 1.29 is 14.3 Å². The summed E-state index contributed by atoms with van der Waals surface area (Å²) in [4.78, 5) is 33.5. The number of carbonyl (C=O) groups excluding carboxylic acids is 2. The van der Waals surface area contributed by atoms with Crippen LogP contribution in [0.15, 0.2) is 48.7 Å². The number of amides is 2. The number of ether oxygens (including phenoxy) is 1. The van der Waals surface area contributed by atoms with Crippen molar-refractivity contribution in [3.63, 3.8) is 0 Å². The highest BCUT2D eigenvalue weighted by molar-refractivity contribution is 14.1. The molecule has 0 radical (unpaired) electrons. The number of fused-ring (bicyclic) bond motifs is 3. The molecule has 0 saturated heterocycles. The topological polar surface area (TPSA) is 105 Å². The van der Waals surface area contributed by atoms with E-state index in [9.17, 15) is 9.59 Å². The number of halogens is 1. The Morgan fingerprint density at radius 3 is 2.81 bits per heavy atom. The van der Waals surface area contributed by atoms with Gasteiger partial charge in [0.1, 0.15) is 0 Å². The van der Waals surface area contributed by atoms with Crippen LogP contribution >= 0.6 is 22.6 Å². The summed E-state index contributed by atoms with van der Waals surface area (Å²) in [5, 5.41) is 8.98. The van der Waals surface area contributed by atoms with Gasteiger partial charge in [0.25, 0.3) is 5.91 Å². The van der Waals surface area contributed by atoms with Gasteiger partial charge in [0.15, 0.2) is 0 Å². The number of benzene rings is 2. The van der Waals surface area contributed by atoms with Crippen LogP contribution < -0.4 is 16.0 Å². The fourth-order valence-electron chi connectivity index (χ4n) is 3.38. The second-order valence-corrected chi connectivity index (χ2v) is 8.53. The predicted octanol–water partition coefficient (Wildman–Crippen LogP) is 3.75. The zero-order chi connectivity index (χ0) is 22.5. The highest BCUT2D eigenvalue weighted by atomic mass is 127. The molecule has 0 saturated carbocycles. The number of aromatic nitrogens is 2. The zero-order valence-corrected chi connectivity index (χ0v) is 19.6. The SMILES string of the molecule is COCCCNC(=O)c1ccc(Nc2ncc3c(n2)-c2ccc(I)cc2NC(=O)C3)cc1. The molecule has 1 aromatic heterocycles. The van der Waals surface area contributed by atoms with Crippen molar-refractivity contribution in [1.29, 1.82) is 0 Å². The van der Waals surface area contributed by atoms with E-state index in [4.69, 9.17) is 4.74 Å². The average Bonchev–Trinajstić information content (AvgIpc) is 2.91. The number of anilines is 3. The van der Waals surface area contributed by atoms with Crippen LogP contribution in [-0.4, -0.2) is 42.0 Å². The van der Waals surface area contributed by atoms with Crippen molar-refractivity contribution in [1.82, 2.24) is 15.3 Å². The molecule has 9 heteroatoms. The number of methoxy groups -OCH3 is 1. The molecule has 3 N–H and O–H groups in total. The lowest BCUT2D eigenvalue weighted by Gasteiger charge is -2.11. The summed E-state index contributed by atoms with van der Waals surface area (Å²) in [5.41, 5.74) is 4.42. The second-order valence-electron chi connectivity index (χ2n) is 7.29. The Labute approximate surface area is 199 Å². The summed E-state index contributed by atoms with van der Waals surface area (Å²) in [7, 11) is 1.64. The Hall–Kier alpha value is -3.05. The van der Waals surface area contributed by atoms with Gasteiger partial charge in [-0.25, -0.2) is 9.97 Å². The molecule has 3 aromatic rings. The minimum Gasteiger partial charge on any atom is -0.385 e. The largest absolute Gasteiger partial charge is 0.385 e. The van der Waals surface area contributed by atoms with Crippen molar-refractivity contribution in [2.24, 2.45) is 0 Å². The van der Waals surface area contributed by atoms with E-state index >= 15 is 0 Å². The smallest absolute Gasteiger partial charge is 0.251 e. The summed E-state index contributed by atoms with van der Waals surface area (Å²) in [6.07, 6.45) is 2.66. The number of rotatable bonds is 7. The summed E-state index contributed by atoms with van der Waals surface area (Å²) in [5.74, 6) is 0.198. The van der Waals surface area contributed by atoms with Crippen molar-refractivity contribution >= 4 is 51.7 Å². The molecule has 1 aliphatic heterocycles. The van der Waals surface area contributed by atoms with Gasteiger partial charge in [0, 0.05) is 52.4 Å². The Kier molecular flexibility index (Phi) is 6.96. The van der Waals surface area contributed by atoms with Crippen molar-refractivity contribution in [3.05, 3.63) is 63.4 Å². The van der Waals surface area contributed by atoms with Gasteiger partial charge in [-0.1, -0.05) is 0 Å². The number of nitrogens with one attached hydrogen (secondary N) is 3. The molecule has 8 nitrogen and oxygen atoms in total. The average molecular weight is 543 g/mol. The Balaban J connectivity index is 1.51. The Morgan fingerprint density at radius 2 is 2.03 bits per heavy atom. The minimum absolute atomic E-state index is 0.0904. The lowest BCUT2D eigenvalue weighted by Crippen LogP contribution is -2.25. The van der Waals surface area contributed by atoms with Gasteiger partial charge >= 0.3 is 0 Å². The standard InChI is InChI=1S/C23H22IN5O3/c1-32-10-2-9-25-22(31)14-3-6-17(7-4-14)27-23-26-13-15-11-20(30)28-19-12-16(24)5-8-18(19)21(15)29-23/h3-8,12-13H,2,9-11H2,1H3,(H,25,31)(H,28,30)(H,26,27,29). The van der Waals surface area contributed by atoms with E-state index in [1.165, 1.54) is 0 Å². The monoisotopic (exact) mass is 543 g/mol. The molecule has 1 aliphatic rings. The Bertz CT molecular complexity index is 1150. The fourth-order valence-corrected chi connectivity index (χ4v) is 3.87. The molecule has 0 spiro atoms. The first-order valence-electron chi connectivity index (χ1n) is 10.1. The fraction of sp³-hybridized carbons (Fsp3) is 0.217. The van der Waals surface area contributed by atoms with E-state index in [0.29, 0.717) is 24.7 Å². The van der Waals surface area contributed by atoms with E-state index in [0.717, 1.165) is 38.2 Å². The van der Waals surface area contributed by atoms with Crippen LogP contribution in [0.4, 0.5) is 17.3 Å². The molecule has 0 fully saturated rings. The molecule has 164 valence electrons. The summed E-state index contributed by atoms with van der Waals surface area (Å²) >= 11 is 2.21. The van der Waals surface area contributed by atoms with E-state index in [2.05, 4.69) is 48.5 Å². The highest BCUT2D eigenvalue weighted by Gasteiger charge is 2.21. The van der Waals surface area contributed by atoms with Crippen LogP contribution in [0.1, 0.15) is 22.3 Å². The van der Waals surface area contributed by atoms with Crippen LogP contribution in [0.25, 0.3) is 11.3 Å². The van der Waals surface area contributed by atoms with E-state index in [1.54, 1.807) is 37.6 Å². The normalized spacial score (nSPS) is 12.2. The number of carbonyl (C=O) groups is 2. The zero-order valence-electron chi connectivity index (χ0n) is 17.4. The van der Waals surface area contributed by atoms with Gasteiger partial charge in [-0.05, 0) is 71.5 Å². The summed E-state index contributed by atoms with van der Waals surface area (Å²) < 4.78 is 6.01. The van der Waals surface area contributed by atoms with Gasteiger partial charge in [-0.2, -0.15) is 0 Å². The first kappa shape index (κ1) is 22.2. The number of hydrogen-bond acceptors (Lipinski definition) is 6. The molecule has 2 aromatic carbocycles. The molecule has 2 heterocycles. The van der Waals surface area contributed by atoms with Gasteiger partial charge < -0.3 is 20.7 Å². The lowest BCUT2D eigenvalue weighted by molar-refractivity contribution is -0.115. The first-order valence-corrected chi connectivity index (χ1v) is 11.2. The number of hydrogen-bond donors (Lipinski definition) is 3. The quantitative estimate of drug-likeness (QED) is 0.310. The molecular weight excluding hydrogens is 521 g/mol. The van der Waals surface area contributed by atoms with Gasteiger partial charge in [-0.15, -0.1) is 0 Å². The highest BCUT2D eigenvalue weighted by Crippen LogP contribution is 2.34. The van der Waals surface area contributed by atoms with Crippen LogP contribution in [0.2, 0.25) is 0 Å². The minimum atomic E-state index is -0.127. The molecule has 32 heavy (non-hydrogen) atoms. The van der Waals surface area contributed by atoms with E-state index in [1.807, 2.05) is 18.2 Å². The van der Waals surface area contributed by atoms with Crippen LogP contribution in [0.3, 0.4) is 0 Å². The second kappa shape index (κ2) is 10.0. The third-order valence-corrected chi connectivity index (χ3v) is 5.61. The third kappa shape index (κ3) is 5.22. The lowest BCUT2D eigenvalue weighted by atomic mass is 10.1. The van der Waals surface area contributed by atoms with Gasteiger partial charge in [-0.3, -0.25) is 9.59 Å². The third-order valence-electron chi connectivity index (χ3n) is 4.94. The molecule has 0 bridgehead atoms. The van der Waals surface area contributed by atoms with Gasteiger partial charge in [0.05, 0.1) is 17.8 Å². The Morgan fingerprint density at radius 1 is 1.22 bits per heavy atom. The summed E-state index contributed by atoms with van der Waals surface area (Å²) in [6, 6.07) is 13.0. The van der Waals surface area contributed by atoms with Gasteiger partial charge in [0.2, 0.25) is 11.9 Å². The van der Waals surface area contributed by atoms with Crippen LogP contribution in [-0.2, 0) is 16.0 Å². The maximum Gasteiger partial charge on any atom is 0.251 e. The van der Waals surface area contributed by atoms with Crippen LogP contribution in [0.5, 0.6) is 0 Å². The first-order chi connectivity index (χ1) is 15.5. The maximum absolute atomic E-state index is 12.3. The van der Waals surface area contributed by atoms with Crippen molar-refractivity contribution in [2.75, 3.05) is 30.9 Å². The maximum atomic E-state index is 12.3. The number of nitrogens with zero attached hydrogens (tertiary/aromatic N) is 2. The predicted molar refractivity (Wildman–Crippen MR) is 131 cm³/mol. The van der Waals surface area contributed by atoms with E-state index < -0.39 is 0 Å². The summed E-state index contributed by atoms with van der Waals surface area (Å²) in [6.45, 7) is 1.17. The van der Waals surface area contributed by atoms with Crippen molar-refractivity contribution in [2.45, 2.75) is 12.8 Å².